The molecule has 3 aliphatic rings. The Morgan fingerprint density at radius 1 is 0.825 bits per heavy atom. The van der Waals surface area contributed by atoms with Gasteiger partial charge in [0.2, 0.25) is 11.8 Å². The lowest BCUT2D eigenvalue weighted by Crippen LogP contribution is -2.54. The third-order valence-electron chi connectivity index (χ3n) is 10.9. The average molecular weight is 859 g/mol. The van der Waals surface area contributed by atoms with Gasteiger partial charge < -0.3 is 31.7 Å². The molecule has 0 spiro atoms. The van der Waals surface area contributed by atoms with Crippen LogP contribution in [0, 0.1) is 11.6 Å². The quantitative estimate of drug-likeness (QED) is 0.0590. The van der Waals surface area contributed by atoms with Gasteiger partial charge in [-0.15, -0.1) is 0 Å². The Morgan fingerprint density at radius 2 is 1.60 bits per heavy atom. The van der Waals surface area contributed by atoms with Gasteiger partial charge in [0.25, 0.3) is 29.5 Å². The molecule has 63 heavy (non-hydrogen) atoms. The zero-order valence-corrected chi connectivity index (χ0v) is 33.4. The Balaban J connectivity index is 0.853. The van der Waals surface area contributed by atoms with Crippen LogP contribution in [0.15, 0.2) is 85.1 Å². The molecule has 7 amide bonds. The molecule has 2 aliphatic heterocycles. The lowest BCUT2D eigenvalue weighted by atomic mass is 9.98. The van der Waals surface area contributed by atoms with Gasteiger partial charge in [-0.05, 0) is 73.7 Å². The highest BCUT2D eigenvalue weighted by molar-refractivity contribution is 6.25. The summed E-state index contributed by atoms with van der Waals surface area (Å²) in [6.45, 7) is -0.309. The fourth-order valence-corrected chi connectivity index (χ4v) is 7.44. The van der Waals surface area contributed by atoms with Crippen LogP contribution in [-0.4, -0.2) is 94.2 Å². The molecular formula is C45H40F2N8O8. The number of nitrogens with one attached hydrogen (secondary N) is 6. The predicted molar refractivity (Wildman–Crippen MR) is 225 cm³/mol. The van der Waals surface area contributed by atoms with Gasteiger partial charge in [-0.2, -0.15) is 0 Å². The Labute approximate surface area is 357 Å². The van der Waals surface area contributed by atoms with E-state index < -0.39 is 59.2 Å². The lowest BCUT2D eigenvalue weighted by molar-refractivity contribution is -0.136. The van der Waals surface area contributed by atoms with Gasteiger partial charge in [0.15, 0.2) is 0 Å². The van der Waals surface area contributed by atoms with Crippen molar-refractivity contribution in [3.05, 3.63) is 119 Å². The maximum Gasteiger partial charge on any atom is 0.264 e. The van der Waals surface area contributed by atoms with E-state index in [0.29, 0.717) is 16.8 Å². The van der Waals surface area contributed by atoms with Crippen molar-refractivity contribution in [1.29, 1.82) is 0 Å². The third-order valence-corrected chi connectivity index (χ3v) is 10.9. The van der Waals surface area contributed by atoms with Crippen LogP contribution >= 0.6 is 0 Å². The number of piperidine rings is 1. The first-order valence-electron chi connectivity index (χ1n) is 20.3. The number of carbonyl (C=O) groups excluding carboxylic acids is 7. The number of aromatic nitrogens is 1. The second-order valence-corrected chi connectivity index (χ2v) is 15.3. The highest BCUT2D eigenvalue weighted by Gasteiger charge is 2.45. The number of rotatable bonds is 15. The molecule has 7 N–H and O–H groups in total. The molecule has 1 aromatic heterocycles. The van der Waals surface area contributed by atoms with Crippen molar-refractivity contribution in [1.82, 2.24) is 31.2 Å². The van der Waals surface area contributed by atoms with Gasteiger partial charge >= 0.3 is 0 Å². The van der Waals surface area contributed by atoms with Crippen LogP contribution in [0.1, 0.15) is 73.5 Å². The number of anilines is 3. The SMILES string of the molecule is O=C1CCC(N2C(=O)c3cccc(NCC(O)C(=O)NCCCNC(=O)c4ccc(-c5cc6c(Nc7ccccc7)c(C(=O)NC7CC7)cnc6cc5F)cc4F)c3C2=O)C(=O)N1. The van der Waals surface area contributed by atoms with Crippen molar-refractivity contribution in [3.63, 3.8) is 0 Å². The number of benzene rings is 4. The van der Waals surface area contributed by atoms with E-state index >= 15 is 8.78 Å². The molecule has 0 radical (unpaired) electrons. The number of carbonyl (C=O) groups is 7. The standard InChI is InChI=1S/C45H40F2N8O8/c46-31-18-23(28-19-29-34(20-32(28)47)50-21-30(41(59)53-25-11-12-25)39(29)52-24-6-2-1-3-7-24)10-13-26(31)40(58)48-16-5-17-49-43(61)36(56)22-51-33-9-4-8-27-38(33)45(63)55(44(27)62)35-14-15-37(57)54-42(35)60/h1-4,6-10,13,18-21,25,35-36,51,56H,5,11-12,14-17,22H2,(H,48,58)(H,49,61)(H,50,52)(H,53,59)(H,54,57,60). The minimum absolute atomic E-state index is 0.0140. The highest BCUT2D eigenvalue weighted by Crippen LogP contribution is 2.36. The number of pyridine rings is 1. The maximum absolute atomic E-state index is 15.6. The van der Waals surface area contributed by atoms with Crippen LogP contribution in [-0.2, 0) is 14.4 Å². The predicted octanol–water partition coefficient (Wildman–Crippen LogP) is 3.93. The van der Waals surface area contributed by atoms with Crippen LogP contribution in [0.25, 0.3) is 22.0 Å². The number of halogens is 2. The number of fused-ring (bicyclic) bond motifs is 2. The van der Waals surface area contributed by atoms with E-state index in [4.69, 9.17) is 0 Å². The van der Waals surface area contributed by atoms with Crippen molar-refractivity contribution in [2.24, 2.45) is 0 Å². The summed E-state index contributed by atoms with van der Waals surface area (Å²) in [5, 5.41) is 27.2. The van der Waals surface area contributed by atoms with Gasteiger partial charge in [0.1, 0.15) is 23.8 Å². The first-order chi connectivity index (χ1) is 30.4. The molecule has 8 rings (SSSR count). The molecule has 3 heterocycles. The van der Waals surface area contributed by atoms with E-state index in [1.165, 1.54) is 48.7 Å². The number of imide groups is 2. The number of hydrogen-bond donors (Lipinski definition) is 7. The summed E-state index contributed by atoms with van der Waals surface area (Å²) < 4.78 is 31.1. The molecule has 4 aromatic carbocycles. The number of aliphatic hydroxyl groups is 1. The Hall–Kier alpha value is -7.60. The largest absolute Gasteiger partial charge is 0.381 e. The number of hydrogen-bond acceptors (Lipinski definition) is 11. The number of aliphatic hydroxyl groups excluding tert-OH is 1. The molecule has 16 nitrogen and oxygen atoms in total. The van der Waals surface area contributed by atoms with Gasteiger partial charge in [-0.1, -0.05) is 30.3 Å². The molecule has 18 heteroatoms. The summed E-state index contributed by atoms with van der Waals surface area (Å²) in [4.78, 5) is 94.4. The van der Waals surface area contributed by atoms with E-state index in [1.807, 2.05) is 30.3 Å². The Kier molecular flexibility index (Phi) is 11.9. The first-order valence-corrected chi connectivity index (χ1v) is 20.3. The van der Waals surface area contributed by atoms with Crippen LogP contribution in [0.3, 0.4) is 0 Å². The van der Waals surface area contributed by atoms with E-state index in [9.17, 15) is 38.7 Å². The zero-order valence-electron chi connectivity index (χ0n) is 33.4. The van der Waals surface area contributed by atoms with E-state index in [-0.39, 0.29) is 95.4 Å². The molecule has 2 unspecified atom stereocenters. The smallest absolute Gasteiger partial charge is 0.264 e. The summed E-state index contributed by atoms with van der Waals surface area (Å²) in [7, 11) is 0. The normalized spacial score (nSPS) is 16.3. The van der Waals surface area contributed by atoms with Crippen molar-refractivity contribution in [3.8, 4) is 11.1 Å². The monoisotopic (exact) mass is 858 g/mol. The molecule has 0 bridgehead atoms. The lowest BCUT2D eigenvalue weighted by Gasteiger charge is -2.27. The fraction of sp³-hybridized carbons (Fsp3) is 0.244. The molecule has 5 aromatic rings. The Bertz CT molecular complexity index is 2710. The molecule has 2 fully saturated rings. The van der Waals surface area contributed by atoms with E-state index in [0.717, 1.165) is 23.8 Å². The second-order valence-electron chi connectivity index (χ2n) is 15.3. The summed E-state index contributed by atoms with van der Waals surface area (Å²) in [6, 6.07) is 18.8. The summed E-state index contributed by atoms with van der Waals surface area (Å²) in [6.07, 6.45) is 1.70. The van der Waals surface area contributed by atoms with E-state index in [2.05, 4.69) is 36.9 Å². The van der Waals surface area contributed by atoms with Crippen molar-refractivity contribution in [2.45, 2.75) is 50.3 Å². The van der Waals surface area contributed by atoms with Crippen LogP contribution in [0.5, 0.6) is 0 Å². The minimum atomic E-state index is -1.59. The summed E-state index contributed by atoms with van der Waals surface area (Å²) in [5.41, 5.74) is 1.62. The maximum atomic E-state index is 15.6. The summed E-state index contributed by atoms with van der Waals surface area (Å²) in [5.74, 6) is -6.17. The van der Waals surface area contributed by atoms with Gasteiger partial charge in [0.05, 0.1) is 33.5 Å². The van der Waals surface area contributed by atoms with Gasteiger partial charge in [0, 0.05) is 66.7 Å². The van der Waals surface area contributed by atoms with Crippen LogP contribution in [0.4, 0.5) is 25.8 Å². The number of amides is 7. The first kappa shape index (κ1) is 42.1. The highest BCUT2D eigenvalue weighted by atomic mass is 19.1. The Morgan fingerprint density at radius 3 is 2.35 bits per heavy atom. The van der Waals surface area contributed by atoms with E-state index in [1.54, 1.807) is 0 Å². The third kappa shape index (κ3) is 8.92. The summed E-state index contributed by atoms with van der Waals surface area (Å²) >= 11 is 0. The van der Waals surface area contributed by atoms with Gasteiger partial charge in [-0.25, -0.2) is 8.78 Å². The van der Waals surface area contributed by atoms with Crippen molar-refractivity contribution >= 4 is 69.3 Å². The van der Waals surface area contributed by atoms with Gasteiger partial charge in [-0.3, -0.25) is 48.8 Å². The van der Waals surface area contributed by atoms with Crippen molar-refractivity contribution < 1.29 is 47.4 Å². The topological polar surface area (TPSA) is 228 Å². The van der Waals surface area contributed by atoms with Crippen molar-refractivity contribution in [2.75, 3.05) is 30.3 Å². The number of para-hydroxylation sites is 1. The zero-order chi connectivity index (χ0) is 44.4. The molecule has 2 atom stereocenters. The number of nitrogens with zero attached hydrogens (tertiary/aromatic N) is 2. The molecule has 1 saturated carbocycles. The second kappa shape index (κ2) is 17.8. The molecule has 1 saturated heterocycles. The van der Waals surface area contributed by atoms with Crippen LogP contribution < -0.4 is 31.9 Å². The fourth-order valence-electron chi connectivity index (χ4n) is 7.44. The van der Waals surface area contributed by atoms with Crippen LogP contribution in [0.2, 0.25) is 0 Å². The average Bonchev–Trinajstić information content (AvgIpc) is 4.05. The molecule has 1 aliphatic carbocycles. The molecular weight excluding hydrogens is 819 g/mol. The molecule has 322 valence electrons. The minimum Gasteiger partial charge on any atom is -0.381 e.